The van der Waals surface area contributed by atoms with Gasteiger partial charge in [-0.15, -0.1) is 32.9 Å². The van der Waals surface area contributed by atoms with Crippen molar-refractivity contribution >= 4 is 45.3 Å². The first-order chi connectivity index (χ1) is 15.6. The molecule has 0 radical (unpaired) electrons. The number of thioether (sulfide) groups is 1. The Labute approximate surface area is 201 Å². The minimum absolute atomic E-state index is 0.113. The molecule has 0 spiro atoms. The van der Waals surface area contributed by atoms with E-state index in [9.17, 15) is 10.1 Å². The van der Waals surface area contributed by atoms with Crippen molar-refractivity contribution in [2.75, 3.05) is 11.1 Å². The summed E-state index contributed by atoms with van der Waals surface area (Å²) in [6.07, 6.45) is 7.37. The zero-order chi connectivity index (χ0) is 22.5. The molecule has 1 N–H and O–H groups in total. The summed E-state index contributed by atoms with van der Waals surface area (Å²) in [7, 11) is 0. The number of rotatable bonds is 9. The normalized spacial score (nSPS) is 13.0. The molecule has 0 aliphatic heterocycles. The van der Waals surface area contributed by atoms with Crippen LogP contribution in [-0.2, 0) is 30.6 Å². The van der Waals surface area contributed by atoms with Crippen LogP contribution in [0.5, 0.6) is 0 Å². The van der Waals surface area contributed by atoms with Crippen molar-refractivity contribution < 1.29 is 4.79 Å². The number of aryl methyl sites for hydroxylation is 2. The molecule has 3 aromatic heterocycles. The van der Waals surface area contributed by atoms with E-state index < -0.39 is 0 Å². The second-order valence-electron chi connectivity index (χ2n) is 7.87. The molecule has 1 aliphatic carbocycles. The molecular weight excluding hydrogens is 458 g/mol. The highest BCUT2D eigenvalue weighted by molar-refractivity contribution is 7.99. The molecule has 9 heteroatoms. The minimum atomic E-state index is -0.113. The third kappa shape index (κ3) is 4.92. The van der Waals surface area contributed by atoms with E-state index in [1.165, 1.54) is 21.5 Å². The Bertz CT molecular complexity index is 1140. The van der Waals surface area contributed by atoms with Crippen LogP contribution in [0.4, 0.5) is 5.00 Å². The second-order valence-corrected chi connectivity index (χ2v) is 10.9. The molecule has 6 nitrogen and oxygen atoms in total. The molecule has 0 atom stereocenters. The molecule has 3 aromatic rings. The van der Waals surface area contributed by atoms with Crippen molar-refractivity contribution in [1.82, 2.24) is 14.8 Å². The maximum atomic E-state index is 12.7. The molecular formula is C23H27N5OS3. The van der Waals surface area contributed by atoms with Crippen molar-refractivity contribution in [2.24, 2.45) is 0 Å². The topological polar surface area (TPSA) is 83.6 Å². The summed E-state index contributed by atoms with van der Waals surface area (Å²) in [6, 6.07) is 4.51. The van der Waals surface area contributed by atoms with Crippen LogP contribution < -0.4 is 5.32 Å². The Morgan fingerprint density at radius 3 is 2.91 bits per heavy atom. The van der Waals surface area contributed by atoms with Gasteiger partial charge < -0.3 is 9.88 Å². The van der Waals surface area contributed by atoms with Crippen LogP contribution in [0.2, 0.25) is 0 Å². The SMILES string of the molecule is CCCc1cc(-c2nnc(SCC(=O)Nc3sc4c(c3C#N)CCCC4)n2CCC)cs1. The first-order valence-electron chi connectivity index (χ1n) is 11.1. The maximum Gasteiger partial charge on any atom is 0.235 e. The Morgan fingerprint density at radius 1 is 1.28 bits per heavy atom. The van der Waals surface area contributed by atoms with Gasteiger partial charge in [0.25, 0.3) is 0 Å². The summed E-state index contributed by atoms with van der Waals surface area (Å²) in [5.74, 6) is 0.990. The lowest BCUT2D eigenvalue weighted by Gasteiger charge is -2.09. The van der Waals surface area contributed by atoms with Crippen LogP contribution in [0.3, 0.4) is 0 Å². The molecule has 0 fully saturated rings. The molecule has 3 heterocycles. The van der Waals surface area contributed by atoms with E-state index in [0.29, 0.717) is 10.6 Å². The van der Waals surface area contributed by atoms with Crippen LogP contribution in [0, 0.1) is 11.3 Å². The number of nitrogens with one attached hydrogen (secondary N) is 1. The van der Waals surface area contributed by atoms with Gasteiger partial charge >= 0.3 is 0 Å². The van der Waals surface area contributed by atoms with Crippen LogP contribution in [0.1, 0.15) is 60.4 Å². The molecule has 0 bridgehead atoms. The van der Waals surface area contributed by atoms with Crippen LogP contribution in [0.15, 0.2) is 16.6 Å². The third-order valence-electron chi connectivity index (χ3n) is 5.44. The predicted molar refractivity (Wildman–Crippen MR) is 133 cm³/mol. The first kappa shape index (κ1) is 23.0. The number of hydrogen-bond donors (Lipinski definition) is 1. The number of carbonyl (C=O) groups excluding carboxylic acids is 1. The Balaban J connectivity index is 1.45. The quantitative estimate of drug-likeness (QED) is 0.381. The van der Waals surface area contributed by atoms with Crippen LogP contribution in [-0.4, -0.2) is 26.4 Å². The average molecular weight is 486 g/mol. The lowest BCUT2D eigenvalue weighted by atomic mass is 9.96. The first-order valence-corrected chi connectivity index (χ1v) is 13.8. The Morgan fingerprint density at radius 2 is 2.12 bits per heavy atom. The second kappa shape index (κ2) is 10.6. The van der Waals surface area contributed by atoms with E-state index in [2.05, 4.69) is 51.4 Å². The standard InChI is InChI=1S/C23H27N5OS3/c1-3-7-16-11-15(13-30-16)21-26-27-23(28(21)10-4-2)31-14-20(29)25-22-18(12-24)17-8-5-6-9-19(17)32-22/h11,13H,3-10,14H2,1-2H3,(H,25,29). The van der Waals surface area contributed by atoms with E-state index in [0.717, 1.165) is 73.6 Å². The van der Waals surface area contributed by atoms with Crippen LogP contribution >= 0.6 is 34.4 Å². The van der Waals surface area contributed by atoms with Crippen molar-refractivity contribution in [3.05, 3.63) is 32.3 Å². The van der Waals surface area contributed by atoms with E-state index in [-0.39, 0.29) is 11.7 Å². The lowest BCUT2D eigenvalue weighted by molar-refractivity contribution is -0.113. The van der Waals surface area contributed by atoms with E-state index in [4.69, 9.17) is 0 Å². The van der Waals surface area contributed by atoms with E-state index in [1.54, 1.807) is 22.7 Å². The zero-order valence-electron chi connectivity index (χ0n) is 18.4. The van der Waals surface area contributed by atoms with E-state index >= 15 is 0 Å². The minimum Gasteiger partial charge on any atom is -0.316 e. The summed E-state index contributed by atoms with van der Waals surface area (Å²) in [5, 5.41) is 25.0. The zero-order valence-corrected chi connectivity index (χ0v) is 20.9. The summed E-state index contributed by atoms with van der Waals surface area (Å²) < 4.78 is 2.11. The Kier molecular flexibility index (Phi) is 7.66. The number of anilines is 1. The highest BCUT2D eigenvalue weighted by atomic mass is 32.2. The number of hydrogen-bond acceptors (Lipinski definition) is 7. The molecule has 0 saturated heterocycles. The smallest absolute Gasteiger partial charge is 0.235 e. The highest BCUT2D eigenvalue weighted by Crippen LogP contribution is 2.37. The summed E-state index contributed by atoms with van der Waals surface area (Å²) in [5.41, 5.74) is 2.88. The molecule has 0 aromatic carbocycles. The van der Waals surface area contributed by atoms with Crippen molar-refractivity contribution in [3.8, 4) is 17.5 Å². The monoisotopic (exact) mass is 485 g/mol. The van der Waals surface area contributed by atoms with Crippen molar-refractivity contribution in [2.45, 2.75) is 70.5 Å². The molecule has 1 aliphatic rings. The fourth-order valence-corrected chi connectivity index (χ4v) is 6.96. The van der Waals surface area contributed by atoms with E-state index in [1.807, 2.05) is 0 Å². The molecule has 4 rings (SSSR count). The molecule has 32 heavy (non-hydrogen) atoms. The number of carbonyl (C=O) groups is 1. The number of aromatic nitrogens is 3. The number of nitriles is 1. The van der Waals surface area contributed by atoms with Gasteiger partial charge in [0.1, 0.15) is 11.1 Å². The molecule has 1 amide bonds. The maximum absolute atomic E-state index is 12.7. The van der Waals surface area contributed by atoms with Crippen molar-refractivity contribution in [3.63, 3.8) is 0 Å². The average Bonchev–Trinajstić information content (AvgIpc) is 3.49. The number of amides is 1. The predicted octanol–water partition coefficient (Wildman–Crippen LogP) is 5.91. The Hall–Kier alpha value is -2.15. The third-order valence-corrected chi connectivity index (χ3v) is 8.61. The number of nitrogens with zero attached hydrogens (tertiary/aromatic N) is 4. The highest BCUT2D eigenvalue weighted by Gasteiger charge is 2.22. The van der Waals surface area contributed by atoms with Gasteiger partial charge in [0, 0.05) is 27.2 Å². The number of fused-ring (bicyclic) bond motifs is 1. The summed E-state index contributed by atoms with van der Waals surface area (Å²) in [4.78, 5) is 15.3. The van der Waals surface area contributed by atoms with Crippen molar-refractivity contribution in [1.29, 1.82) is 5.26 Å². The van der Waals surface area contributed by atoms with Gasteiger partial charge in [0.05, 0.1) is 11.3 Å². The van der Waals surface area contributed by atoms with Gasteiger partial charge in [-0.3, -0.25) is 4.79 Å². The van der Waals surface area contributed by atoms with Crippen LogP contribution in [0.25, 0.3) is 11.4 Å². The van der Waals surface area contributed by atoms with Gasteiger partial charge in [-0.2, -0.15) is 5.26 Å². The number of thiophene rings is 2. The van der Waals surface area contributed by atoms with Gasteiger partial charge in [-0.25, -0.2) is 0 Å². The summed E-state index contributed by atoms with van der Waals surface area (Å²) in [6.45, 7) is 5.12. The molecule has 0 saturated carbocycles. The molecule has 168 valence electrons. The molecule has 0 unspecified atom stereocenters. The van der Waals surface area contributed by atoms with Gasteiger partial charge in [-0.1, -0.05) is 32.0 Å². The van der Waals surface area contributed by atoms with Gasteiger partial charge in [0.2, 0.25) is 5.91 Å². The summed E-state index contributed by atoms with van der Waals surface area (Å²) >= 11 is 4.72. The fraction of sp³-hybridized carbons (Fsp3) is 0.478. The fourth-order valence-electron chi connectivity index (χ4n) is 3.97. The largest absolute Gasteiger partial charge is 0.316 e. The lowest BCUT2D eigenvalue weighted by Crippen LogP contribution is -2.14. The van der Waals surface area contributed by atoms with Gasteiger partial charge in [-0.05, 0) is 50.2 Å². The van der Waals surface area contributed by atoms with Gasteiger partial charge in [0.15, 0.2) is 11.0 Å².